The molecular weight excluding hydrogens is 264 g/mol. The van der Waals surface area contributed by atoms with Crippen LogP contribution in [0.2, 0.25) is 0 Å². The first kappa shape index (κ1) is 15.9. The van der Waals surface area contributed by atoms with Crippen LogP contribution in [0.25, 0.3) is 0 Å². The van der Waals surface area contributed by atoms with Gasteiger partial charge in [-0.25, -0.2) is 4.99 Å². The van der Waals surface area contributed by atoms with Gasteiger partial charge in [0.2, 0.25) is 0 Å². The second kappa shape index (κ2) is 8.05. The first-order chi connectivity index (χ1) is 10.2. The van der Waals surface area contributed by atoms with Crippen molar-refractivity contribution in [3.05, 3.63) is 17.5 Å². The fourth-order valence-electron chi connectivity index (χ4n) is 2.97. The maximum atomic E-state index is 5.95. The predicted octanol–water partition coefficient (Wildman–Crippen LogP) is 3.32. The van der Waals surface area contributed by atoms with Gasteiger partial charge in [0.15, 0.2) is 11.7 Å². The van der Waals surface area contributed by atoms with E-state index in [4.69, 9.17) is 10.3 Å². The number of rotatable bonds is 6. The molecule has 0 unspecified atom stereocenters. The SMILES string of the molecule is CCC(CC)c1cc(CN=C(N)NC2CCCCC2)on1. The number of hydrogen-bond acceptors (Lipinski definition) is 3. The van der Waals surface area contributed by atoms with Crippen molar-refractivity contribution in [2.24, 2.45) is 10.7 Å². The normalized spacial score (nSPS) is 17.4. The third-order valence-corrected chi connectivity index (χ3v) is 4.34. The first-order valence-corrected chi connectivity index (χ1v) is 8.24. The van der Waals surface area contributed by atoms with E-state index in [-0.39, 0.29) is 0 Å². The number of guanidine groups is 1. The van der Waals surface area contributed by atoms with Crippen molar-refractivity contribution in [2.75, 3.05) is 0 Å². The fourth-order valence-corrected chi connectivity index (χ4v) is 2.97. The van der Waals surface area contributed by atoms with Gasteiger partial charge in [0.25, 0.3) is 0 Å². The summed E-state index contributed by atoms with van der Waals surface area (Å²) < 4.78 is 5.35. The molecule has 0 atom stereocenters. The van der Waals surface area contributed by atoms with Gasteiger partial charge < -0.3 is 15.6 Å². The molecule has 5 heteroatoms. The van der Waals surface area contributed by atoms with Gasteiger partial charge in [-0.2, -0.15) is 0 Å². The maximum absolute atomic E-state index is 5.95. The van der Waals surface area contributed by atoms with E-state index in [9.17, 15) is 0 Å². The Hall–Kier alpha value is -1.52. The molecule has 5 nitrogen and oxygen atoms in total. The van der Waals surface area contributed by atoms with Gasteiger partial charge >= 0.3 is 0 Å². The van der Waals surface area contributed by atoms with Crippen LogP contribution in [0, 0.1) is 0 Å². The van der Waals surface area contributed by atoms with Crippen molar-refractivity contribution in [2.45, 2.75) is 77.3 Å². The molecule has 1 aromatic rings. The summed E-state index contributed by atoms with van der Waals surface area (Å²) in [6.07, 6.45) is 8.45. The van der Waals surface area contributed by atoms with Gasteiger partial charge in [0.1, 0.15) is 6.54 Å². The molecule has 21 heavy (non-hydrogen) atoms. The molecule has 0 aromatic carbocycles. The zero-order valence-electron chi connectivity index (χ0n) is 13.3. The molecular formula is C16H28N4O. The van der Waals surface area contributed by atoms with E-state index < -0.39 is 0 Å². The fraction of sp³-hybridized carbons (Fsp3) is 0.750. The van der Waals surface area contributed by atoms with Crippen molar-refractivity contribution in [1.29, 1.82) is 0 Å². The third-order valence-electron chi connectivity index (χ3n) is 4.34. The molecule has 1 fully saturated rings. The summed E-state index contributed by atoms with van der Waals surface area (Å²) in [4.78, 5) is 4.36. The summed E-state index contributed by atoms with van der Waals surface area (Å²) in [6, 6.07) is 2.49. The highest BCUT2D eigenvalue weighted by atomic mass is 16.5. The topological polar surface area (TPSA) is 76.4 Å². The lowest BCUT2D eigenvalue weighted by atomic mass is 9.96. The van der Waals surface area contributed by atoms with Crippen molar-refractivity contribution in [3.63, 3.8) is 0 Å². The molecule has 0 amide bonds. The van der Waals surface area contributed by atoms with Crippen LogP contribution in [-0.2, 0) is 6.54 Å². The van der Waals surface area contributed by atoms with Crippen LogP contribution in [0.4, 0.5) is 0 Å². The summed E-state index contributed by atoms with van der Waals surface area (Å²) in [6.45, 7) is 4.80. The number of nitrogens with one attached hydrogen (secondary N) is 1. The first-order valence-electron chi connectivity index (χ1n) is 8.24. The average Bonchev–Trinajstić information content (AvgIpc) is 2.96. The average molecular weight is 292 g/mol. The molecule has 1 heterocycles. The number of nitrogens with two attached hydrogens (primary N) is 1. The van der Waals surface area contributed by atoms with E-state index in [1.165, 1.54) is 32.1 Å². The van der Waals surface area contributed by atoms with Gasteiger partial charge in [-0.1, -0.05) is 38.3 Å². The second-order valence-corrected chi connectivity index (χ2v) is 5.91. The van der Waals surface area contributed by atoms with Crippen molar-refractivity contribution in [1.82, 2.24) is 10.5 Å². The maximum Gasteiger partial charge on any atom is 0.189 e. The Bertz CT molecular complexity index is 445. The Balaban J connectivity index is 1.84. The standard InChI is InChI=1S/C16H28N4O/c1-3-12(4-2)15-10-14(21-20-15)11-18-16(17)19-13-8-6-5-7-9-13/h10,12-13H,3-9,11H2,1-2H3,(H3,17,18,19). The van der Waals surface area contributed by atoms with E-state index in [1.807, 2.05) is 6.07 Å². The summed E-state index contributed by atoms with van der Waals surface area (Å²) in [7, 11) is 0. The van der Waals surface area contributed by atoms with Crippen molar-refractivity contribution < 1.29 is 4.52 Å². The van der Waals surface area contributed by atoms with Gasteiger partial charge in [0.05, 0.1) is 5.69 Å². The van der Waals surface area contributed by atoms with Crippen LogP contribution < -0.4 is 11.1 Å². The largest absolute Gasteiger partial charge is 0.370 e. The van der Waals surface area contributed by atoms with Gasteiger partial charge in [-0.15, -0.1) is 0 Å². The smallest absolute Gasteiger partial charge is 0.189 e. The molecule has 118 valence electrons. The van der Waals surface area contributed by atoms with Crippen LogP contribution in [0.3, 0.4) is 0 Å². The molecule has 1 aliphatic rings. The second-order valence-electron chi connectivity index (χ2n) is 5.91. The zero-order chi connectivity index (χ0) is 15.1. The van der Waals surface area contributed by atoms with Gasteiger partial charge in [0, 0.05) is 18.0 Å². The Labute approximate surface area is 127 Å². The zero-order valence-corrected chi connectivity index (χ0v) is 13.3. The highest BCUT2D eigenvalue weighted by Crippen LogP contribution is 2.22. The molecule has 1 aliphatic carbocycles. The minimum atomic E-state index is 0.457. The van der Waals surface area contributed by atoms with Crippen molar-refractivity contribution in [3.8, 4) is 0 Å². The lowest BCUT2D eigenvalue weighted by Crippen LogP contribution is -2.41. The summed E-state index contributed by atoms with van der Waals surface area (Å²) in [5, 5.41) is 7.45. The molecule has 1 aromatic heterocycles. The summed E-state index contributed by atoms with van der Waals surface area (Å²) in [5.41, 5.74) is 6.98. The van der Waals surface area contributed by atoms with E-state index in [0.717, 1.165) is 24.3 Å². The predicted molar refractivity (Wildman–Crippen MR) is 85.2 cm³/mol. The van der Waals surface area contributed by atoms with Crippen LogP contribution in [0.5, 0.6) is 0 Å². The molecule has 0 radical (unpaired) electrons. The molecule has 0 saturated heterocycles. The molecule has 2 rings (SSSR count). The van der Waals surface area contributed by atoms with Crippen LogP contribution in [0.15, 0.2) is 15.6 Å². The van der Waals surface area contributed by atoms with E-state index in [2.05, 4.69) is 29.3 Å². The molecule has 3 N–H and O–H groups in total. The summed E-state index contributed by atoms with van der Waals surface area (Å²) in [5.74, 6) is 1.77. The van der Waals surface area contributed by atoms with Crippen LogP contribution in [0.1, 0.15) is 76.2 Å². The number of nitrogens with zero attached hydrogens (tertiary/aromatic N) is 2. The molecule has 1 saturated carbocycles. The van der Waals surface area contributed by atoms with Crippen LogP contribution in [-0.4, -0.2) is 17.2 Å². The molecule has 0 aliphatic heterocycles. The van der Waals surface area contributed by atoms with Crippen LogP contribution >= 0.6 is 0 Å². The Morgan fingerprint density at radius 1 is 1.38 bits per heavy atom. The molecule has 0 bridgehead atoms. The minimum absolute atomic E-state index is 0.457. The number of aromatic nitrogens is 1. The van der Waals surface area contributed by atoms with Gasteiger partial charge in [-0.05, 0) is 25.7 Å². The Kier molecular flexibility index (Phi) is 6.08. The van der Waals surface area contributed by atoms with E-state index >= 15 is 0 Å². The minimum Gasteiger partial charge on any atom is -0.370 e. The number of hydrogen-bond donors (Lipinski definition) is 2. The highest BCUT2D eigenvalue weighted by molar-refractivity contribution is 5.78. The Morgan fingerprint density at radius 3 is 2.76 bits per heavy atom. The highest BCUT2D eigenvalue weighted by Gasteiger charge is 2.14. The Morgan fingerprint density at radius 2 is 2.10 bits per heavy atom. The van der Waals surface area contributed by atoms with E-state index in [0.29, 0.717) is 24.5 Å². The van der Waals surface area contributed by atoms with Crippen molar-refractivity contribution >= 4 is 5.96 Å². The summed E-state index contributed by atoms with van der Waals surface area (Å²) >= 11 is 0. The van der Waals surface area contributed by atoms with E-state index in [1.54, 1.807) is 0 Å². The quantitative estimate of drug-likeness (QED) is 0.623. The lowest BCUT2D eigenvalue weighted by Gasteiger charge is -2.23. The monoisotopic (exact) mass is 292 g/mol. The number of aliphatic imine (C=N–C) groups is 1. The lowest BCUT2D eigenvalue weighted by molar-refractivity contribution is 0.372. The van der Waals surface area contributed by atoms with Gasteiger partial charge in [-0.3, -0.25) is 0 Å². The third kappa shape index (κ3) is 4.76. The molecule has 0 spiro atoms.